The maximum Gasteiger partial charge on any atom is 0.326 e. The summed E-state index contributed by atoms with van der Waals surface area (Å²) in [6.07, 6.45) is 10.1. The third kappa shape index (κ3) is 4.77. The molecule has 0 spiro atoms. The minimum atomic E-state index is -0.983. The monoisotopic (exact) mass is 364 g/mol. The van der Waals surface area contributed by atoms with E-state index in [0.717, 1.165) is 32.1 Å². The number of nitrogens with one attached hydrogen (secondary N) is 2. The van der Waals surface area contributed by atoms with Crippen molar-refractivity contribution in [1.29, 1.82) is 0 Å². The molecule has 26 heavy (non-hydrogen) atoms. The van der Waals surface area contributed by atoms with Crippen LogP contribution in [0.4, 0.5) is 0 Å². The molecule has 3 rings (SSSR count). The van der Waals surface area contributed by atoms with Crippen LogP contribution in [0.3, 0.4) is 0 Å². The lowest BCUT2D eigenvalue weighted by atomic mass is 9.67. The predicted molar refractivity (Wildman–Crippen MR) is 97.3 cm³/mol. The summed E-state index contributed by atoms with van der Waals surface area (Å²) in [7, 11) is 0. The van der Waals surface area contributed by atoms with Crippen LogP contribution in [0.2, 0.25) is 0 Å². The molecule has 2 saturated carbocycles. The number of hydrogen-bond donors (Lipinski definition) is 3. The Kier molecular flexibility index (Phi) is 6.20. The molecule has 0 aromatic carbocycles. The standard InChI is InChI=1S/C20H32N2O4/c1-12-19(24)22-17(20(25)26)10-13-4-2-6-15(8-13)16-7-3-5-14(9-16)11-18(23)21-12/h12-17H,2-11H2,1H3,(H,21,23)(H,22,24)(H,25,26)/t12-,13-,14-,15-,16-,17-/m0/s1. The van der Waals surface area contributed by atoms with Crippen molar-refractivity contribution in [2.24, 2.45) is 23.7 Å². The summed E-state index contributed by atoms with van der Waals surface area (Å²) < 4.78 is 0. The van der Waals surface area contributed by atoms with Crippen molar-refractivity contribution < 1.29 is 19.5 Å². The van der Waals surface area contributed by atoms with Crippen LogP contribution in [0.5, 0.6) is 0 Å². The van der Waals surface area contributed by atoms with Gasteiger partial charge in [0.1, 0.15) is 12.1 Å². The van der Waals surface area contributed by atoms with Gasteiger partial charge in [-0.1, -0.05) is 32.1 Å². The molecular formula is C20H32N2O4. The first-order valence-electron chi connectivity index (χ1n) is 10.2. The van der Waals surface area contributed by atoms with Crippen LogP contribution in [0.25, 0.3) is 0 Å². The highest BCUT2D eigenvalue weighted by molar-refractivity contribution is 5.90. The molecule has 3 fully saturated rings. The third-order valence-electron chi connectivity index (χ3n) is 6.74. The maximum atomic E-state index is 12.3. The van der Waals surface area contributed by atoms with Crippen molar-refractivity contribution in [2.45, 2.75) is 83.2 Å². The summed E-state index contributed by atoms with van der Waals surface area (Å²) >= 11 is 0. The minimum Gasteiger partial charge on any atom is -0.480 e. The van der Waals surface area contributed by atoms with Gasteiger partial charge in [0.15, 0.2) is 0 Å². The SMILES string of the molecule is C[C@@H]1NC(=O)C[C@H]2CCC[C@@H](C2)[C@H]2CCC[C@@H](C2)C[C@@H](C(=O)O)NC1=O. The summed E-state index contributed by atoms with van der Waals surface area (Å²) in [4.78, 5) is 36.3. The minimum absolute atomic E-state index is 0.0937. The molecule has 146 valence electrons. The Labute approximate surface area is 155 Å². The molecule has 6 atom stereocenters. The molecule has 0 aromatic heterocycles. The molecule has 1 heterocycles. The normalized spacial score (nSPS) is 39.3. The molecule has 1 saturated heterocycles. The van der Waals surface area contributed by atoms with Crippen LogP contribution < -0.4 is 10.6 Å². The number of amides is 2. The molecule has 2 amide bonds. The third-order valence-corrected chi connectivity index (χ3v) is 6.74. The van der Waals surface area contributed by atoms with Crippen molar-refractivity contribution in [3.05, 3.63) is 0 Å². The fraction of sp³-hybridized carbons (Fsp3) is 0.850. The Morgan fingerprint density at radius 3 is 2.19 bits per heavy atom. The van der Waals surface area contributed by atoms with Gasteiger partial charge < -0.3 is 15.7 Å². The second-order valence-corrected chi connectivity index (χ2v) is 8.71. The largest absolute Gasteiger partial charge is 0.480 e. The maximum absolute atomic E-state index is 12.3. The Balaban J connectivity index is 1.78. The van der Waals surface area contributed by atoms with Crippen molar-refractivity contribution >= 4 is 17.8 Å². The van der Waals surface area contributed by atoms with Gasteiger partial charge in [-0.25, -0.2) is 4.79 Å². The highest BCUT2D eigenvalue weighted by Gasteiger charge is 2.35. The number of carbonyl (C=O) groups is 3. The molecule has 0 aromatic rings. The van der Waals surface area contributed by atoms with Crippen LogP contribution in [0.15, 0.2) is 0 Å². The van der Waals surface area contributed by atoms with Crippen molar-refractivity contribution in [3.63, 3.8) is 0 Å². The van der Waals surface area contributed by atoms with Crippen molar-refractivity contribution in [2.75, 3.05) is 0 Å². The van der Waals surface area contributed by atoms with Crippen LogP contribution in [0, 0.1) is 23.7 Å². The average Bonchev–Trinajstić information content (AvgIpc) is 2.60. The second-order valence-electron chi connectivity index (χ2n) is 8.71. The van der Waals surface area contributed by atoms with Gasteiger partial charge in [0.2, 0.25) is 11.8 Å². The van der Waals surface area contributed by atoms with E-state index in [1.54, 1.807) is 6.92 Å². The molecule has 3 N–H and O–H groups in total. The zero-order valence-electron chi connectivity index (χ0n) is 15.7. The van der Waals surface area contributed by atoms with E-state index in [-0.39, 0.29) is 5.91 Å². The van der Waals surface area contributed by atoms with Gasteiger partial charge >= 0.3 is 5.97 Å². The van der Waals surface area contributed by atoms with Gasteiger partial charge in [-0.3, -0.25) is 9.59 Å². The second kappa shape index (κ2) is 8.40. The number of carboxylic acid groups (broad SMARTS) is 1. The molecule has 0 radical (unpaired) electrons. The van der Waals surface area contributed by atoms with E-state index in [4.69, 9.17) is 0 Å². The quantitative estimate of drug-likeness (QED) is 0.666. The number of fused-ring (bicyclic) bond motifs is 5. The molecule has 1 aliphatic heterocycles. The summed E-state index contributed by atoms with van der Waals surface area (Å²) in [5.74, 6) is 0.612. The fourth-order valence-corrected chi connectivity index (χ4v) is 5.40. The first-order valence-corrected chi connectivity index (χ1v) is 10.2. The van der Waals surface area contributed by atoms with Crippen LogP contribution in [-0.4, -0.2) is 35.0 Å². The lowest BCUT2D eigenvalue weighted by molar-refractivity contribution is -0.142. The Morgan fingerprint density at radius 1 is 0.923 bits per heavy atom. The van der Waals surface area contributed by atoms with Gasteiger partial charge in [0.25, 0.3) is 0 Å². The lowest BCUT2D eigenvalue weighted by Gasteiger charge is -2.39. The van der Waals surface area contributed by atoms with E-state index in [1.165, 1.54) is 19.3 Å². The Hall–Kier alpha value is -1.59. The zero-order chi connectivity index (χ0) is 18.7. The van der Waals surface area contributed by atoms with E-state index in [0.29, 0.717) is 36.5 Å². The summed E-state index contributed by atoms with van der Waals surface area (Å²) in [5, 5.41) is 14.9. The predicted octanol–water partition coefficient (Wildman–Crippen LogP) is 2.47. The van der Waals surface area contributed by atoms with Gasteiger partial charge in [-0.05, 0) is 56.3 Å². The van der Waals surface area contributed by atoms with Crippen LogP contribution in [-0.2, 0) is 14.4 Å². The summed E-state index contributed by atoms with van der Waals surface area (Å²) in [6, 6.07) is -1.57. The van der Waals surface area contributed by atoms with E-state index < -0.39 is 24.0 Å². The number of aliphatic carboxylic acids is 1. The molecule has 6 nitrogen and oxygen atoms in total. The molecule has 4 bridgehead atoms. The first kappa shape index (κ1) is 19.2. The van der Waals surface area contributed by atoms with Crippen LogP contribution in [0.1, 0.15) is 71.1 Å². The smallest absolute Gasteiger partial charge is 0.326 e. The van der Waals surface area contributed by atoms with Gasteiger partial charge in [-0.15, -0.1) is 0 Å². The van der Waals surface area contributed by atoms with E-state index in [2.05, 4.69) is 10.6 Å². The highest BCUT2D eigenvalue weighted by atomic mass is 16.4. The Bertz CT molecular complexity index is 550. The Morgan fingerprint density at radius 2 is 1.54 bits per heavy atom. The van der Waals surface area contributed by atoms with Gasteiger partial charge in [0.05, 0.1) is 0 Å². The van der Waals surface area contributed by atoms with Crippen molar-refractivity contribution in [1.82, 2.24) is 10.6 Å². The average molecular weight is 364 g/mol. The number of hydrogen-bond acceptors (Lipinski definition) is 3. The van der Waals surface area contributed by atoms with Gasteiger partial charge in [0, 0.05) is 6.42 Å². The fourth-order valence-electron chi connectivity index (χ4n) is 5.40. The first-order chi connectivity index (χ1) is 12.4. The molecule has 6 heteroatoms. The van der Waals surface area contributed by atoms with E-state index in [1.807, 2.05) is 0 Å². The summed E-state index contributed by atoms with van der Waals surface area (Å²) in [6.45, 7) is 1.62. The van der Waals surface area contributed by atoms with Crippen LogP contribution >= 0.6 is 0 Å². The summed E-state index contributed by atoms with van der Waals surface area (Å²) in [5.41, 5.74) is 0. The van der Waals surface area contributed by atoms with Crippen molar-refractivity contribution in [3.8, 4) is 0 Å². The zero-order valence-corrected chi connectivity index (χ0v) is 15.7. The van der Waals surface area contributed by atoms with E-state index >= 15 is 0 Å². The molecule has 0 unspecified atom stereocenters. The molecule has 3 aliphatic rings. The number of carboxylic acids is 1. The molecular weight excluding hydrogens is 332 g/mol. The molecule has 2 aliphatic carbocycles. The highest BCUT2D eigenvalue weighted by Crippen LogP contribution is 2.43. The van der Waals surface area contributed by atoms with E-state index in [9.17, 15) is 19.5 Å². The topological polar surface area (TPSA) is 95.5 Å². The number of carbonyl (C=O) groups excluding carboxylic acids is 2. The lowest BCUT2D eigenvalue weighted by Crippen LogP contribution is -2.51. The van der Waals surface area contributed by atoms with Gasteiger partial charge in [-0.2, -0.15) is 0 Å². The number of rotatable bonds is 1.